The lowest BCUT2D eigenvalue weighted by Crippen LogP contribution is -1.95. The van der Waals surface area contributed by atoms with Crippen LogP contribution in [0.4, 0.5) is 0 Å². The molecule has 0 aromatic carbocycles. The number of rotatable bonds is 5. The van der Waals surface area contributed by atoms with E-state index >= 15 is 0 Å². The van der Waals surface area contributed by atoms with E-state index in [-0.39, 0.29) is 24.0 Å². The predicted octanol–water partition coefficient (Wildman–Crippen LogP) is 2.00. The first kappa shape index (κ1) is 14.2. The Morgan fingerprint density at radius 3 is 2.42 bits per heavy atom. The average molecular weight is 284 g/mol. The van der Waals surface area contributed by atoms with E-state index in [4.69, 9.17) is 5.11 Å². The molecule has 0 unspecified atom stereocenters. The Hall–Kier alpha value is -0.390. The van der Waals surface area contributed by atoms with Gasteiger partial charge in [0.25, 0.3) is 0 Å². The predicted molar refractivity (Wildman–Crippen MR) is 56.7 cm³/mol. The Balaban J connectivity index is 0. The van der Waals surface area contributed by atoms with Crippen LogP contribution in [0.3, 0.4) is 0 Å². The van der Waals surface area contributed by atoms with Crippen molar-refractivity contribution in [1.29, 1.82) is 0 Å². The Morgan fingerprint density at radius 1 is 1.42 bits per heavy atom. The summed E-state index contributed by atoms with van der Waals surface area (Å²) in [6, 6.07) is 0. The maximum absolute atomic E-state index is 10.2. The van der Waals surface area contributed by atoms with Gasteiger partial charge in [0.05, 0.1) is 0 Å². The van der Waals surface area contributed by atoms with Gasteiger partial charge in [0.15, 0.2) is 0 Å². The molecule has 0 bridgehead atoms. The van der Waals surface area contributed by atoms with Crippen LogP contribution in [0, 0.1) is 0 Å². The molecule has 0 rings (SSSR count). The summed E-state index contributed by atoms with van der Waals surface area (Å²) in [4.78, 5) is 20.1. The molecule has 70 valence electrons. The molecule has 0 aromatic rings. The van der Waals surface area contributed by atoms with Crippen LogP contribution in [-0.4, -0.2) is 17.4 Å². The van der Waals surface area contributed by atoms with Crippen LogP contribution in [0.5, 0.6) is 0 Å². The fourth-order valence-electron chi connectivity index (χ4n) is 0.607. The van der Waals surface area contributed by atoms with Crippen LogP contribution in [0.1, 0.15) is 26.2 Å². The van der Waals surface area contributed by atoms with Crippen molar-refractivity contribution in [2.24, 2.45) is 0 Å². The summed E-state index contributed by atoms with van der Waals surface area (Å²) >= 11 is 0. The molecule has 4 heteroatoms. The van der Waals surface area contributed by atoms with E-state index < -0.39 is 5.97 Å². The molecular weight excluding hydrogens is 271 g/mol. The smallest absolute Gasteiger partial charge is 0.330 e. The molecule has 0 fully saturated rings. The SMILES string of the molecule is CC(=CCCCC=O)C(=O)O.I. The minimum Gasteiger partial charge on any atom is -0.478 e. The first-order valence-electron chi connectivity index (χ1n) is 3.52. The lowest BCUT2D eigenvalue weighted by molar-refractivity contribution is -0.132. The number of hydrogen-bond acceptors (Lipinski definition) is 2. The summed E-state index contributed by atoms with van der Waals surface area (Å²) in [7, 11) is 0. The van der Waals surface area contributed by atoms with Crippen molar-refractivity contribution in [2.45, 2.75) is 26.2 Å². The number of carbonyl (C=O) groups is 2. The number of allylic oxidation sites excluding steroid dienone is 1. The quantitative estimate of drug-likeness (QED) is 0.363. The van der Waals surface area contributed by atoms with Crippen molar-refractivity contribution in [1.82, 2.24) is 0 Å². The molecule has 0 saturated heterocycles. The molecule has 0 saturated carbocycles. The number of carboxylic acids is 1. The second-order valence-corrected chi connectivity index (χ2v) is 2.29. The Kier molecular flexibility index (Phi) is 10.3. The minimum atomic E-state index is -0.892. The van der Waals surface area contributed by atoms with Crippen molar-refractivity contribution < 1.29 is 14.7 Å². The summed E-state index contributed by atoms with van der Waals surface area (Å²) in [5.74, 6) is -0.892. The Labute approximate surface area is 88.9 Å². The topological polar surface area (TPSA) is 54.4 Å². The molecule has 1 N–H and O–H groups in total. The standard InChI is InChI=1S/C8H12O3.HI/c1-7(8(10)11)5-3-2-4-6-9;/h5-6H,2-4H2,1H3,(H,10,11);1H. The molecule has 0 aliphatic heterocycles. The van der Waals surface area contributed by atoms with Gasteiger partial charge in [-0.2, -0.15) is 0 Å². The molecule has 0 atom stereocenters. The highest BCUT2D eigenvalue weighted by Crippen LogP contribution is 1.99. The third kappa shape index (κ3) is 7.71. The zero-order valence-electron chi connectivity index (χ0n) is 6.95. The Bertz CT molecular complexity index is 175. The molecular formula is C8H13IO3. The van der Waals surface area contributed by atoms with Crippen molar-refractivity contribution >= 4 is 36.2 Å². The molecule has 0 radical (unpaired) electrons. The van der Waals surface area contributed by atoms with Crippen molar-refractivity contribution in [3.8, 4) is 0 Å². The molecule has 0 spiro atoms. The third-order valence-electron chi connectivity index (χ3n) is 1.31. The third-order valence-corrected chi connectivity index (χ3v) is 1.31. The molecule has 0 heterocycles. The van der Waals surface area contributed by atoms with Gasteiger partial charge < -0.3 is 9.90 Å². The molecule has 0 amide bonds. The van der Waals surface area contributed by atoms with Crippen LogP contribution >= 0.6 is 24.0 Å². The first-order valence-corrected chi connectivity index (χ1v) is 3.52. The van der Waals surface area contributed by atoms with Crippen LogP contribution in [0.2, 0.25) is 0 Å². The maximum atomic E-state index is 10.2. The van der Waals surface area contributed by atoms with Gasteiger partial charge >= 0.3 is 5.97 Å². The van der Waals surface area contributed by atoms with Gasteiger partial charge in [-0.25, -0.2) is 4.79 Å². The van der Waals surface area contributed by atoms with E-state index in [1.165, 1.54) is 0 Å². The van der Waals surface area contributed by atoms with Gasteiger partial charge in [0, 0.05) is 12.0 Å². The summed E-state index contributed by atoms with van der Waals surface area (Å²) in [5.41, 5.74) is 0.343. The summed E-state index contributed by atoms with van der Waals surface area (Å²) in [5, 5.41) is 8.40. The number of carboxylic acid groups (broad SMARTS) is 1. The van der Waals surface area contributed by atoms with Crippen molar-refractivity contribution in [2.75, 3.05) is 0 Å². The van der Waals surface area contributed by atoms with E-state index in [1.807, 2.05) is 0 Å². The summed E-state index contributed by atoms with van der Waals surface area (Å²) in [6.45, 7) is 1.54. The first-order chi connectivity index (χ1) is 5.18. The fourth-order valence-corrected chi connectivity index (χ4v) is 0.607. The fraction of sp³-hybridized carbons (Fsp3) is 0.500. The second kappa shape index (κ2) is 8.70. The average Bonchev–Trinajstić information content (AvgIpc) is 1.97. The van der Waals surface area contributed by atoms with Gasteiger partial charge in [-0.3, -0.25) is 0 Å². The van der Waals surface area contributed by atoms with E-state index in [9.17, 15) is 9.59 Å². The maximum Gasteiger partial charge on any atom is 0.330 e. The normalized spacial score (nSPS) is 10.2. The zero-order chi connectivity index (χ0) is 8.69. The highest BCUT2D eigenvalue weighted by molar-refractivity contribution is 14.0. The van der Waals surface area contributed by atoms with Crippen LogP contribution in [0.25, 0.3) is 0 Å². The van der Waals surface area contributed by atoms with E-state index in [2.05, 4.69) is 0 Å². The minimum absolute atomic E-state index is 0. The van der Waals surface area contributed by atoms with Crippen LogP contribution < -0.4 is 0 Å². The van der Waals surface area contributed by atoms with Crippen molar-refractivity contribution in [3.05, 3.63) is 11.6 Å². The molecule has 0 aliphatic carbocycles. The van der Waals surface area contributed by atoms with E-state index in [1.54, 1.807) is 13.0 Å². The molecule has 0 aromatic heterocycles. The van der Waals surface area contributed by atoms with Crippen LogP contribution in [0.15, 0.2) is 11.6 Å². The van der Waals surface area contributed by atoms with Crippen molar-refractivity contribution in [3.63, 3.8) is 0 Å². The molecule has 0 aliphatic rings. The number of aldehydes is 1. The largest absolute Gasteiger partial charge is 0.478 e. The lowest BCUT2D eigenvalue weighted by atomic mass is 10.2. The summed E-state index contributed by atoms with van der Waals surface area (Å²) < 4.78 is 0. The van der Waals surface area contributed by atoms with Crippen LogP contribution in [-0.2, 0) is 9.59 Å². The highest BCUT2D eigenvalue weighted by atomic mass is 127. The van der Waals surface area contributed by atoms with Gasteiger partial charge in [-0.05, 0) is 19.8 Å². The van der Waals surface area contributed by atoms with Gasteiger partial charge in [-0.15, -0.1) is 24.0 Å². The number of aliphatic carboxylic acids is 1. The van der Waals surface area contributed by atoms with Gasteiger partial charge in [-0.1, -0.05) is 6.08 Å². The second-order valence-electron chi connectivity index (χ2n) is 2.29. The Morgan fingerprint density at radius 2 is 2.00 bits per heavy atom. The highest BCUT2D eigenvalue weighted by Gasteiger charge is 1.96. The summed E-state index contributed by atoms with van der Waals surface area (Å²) in [6.07, 6.45) is 4.37. The zero-order valence-corrected chi connectivity index (χ0v) is 9.28. The lowest BCUT2D eigenvalue weighted by Gasteiger charge is -1.91. The van der Waals surface area contributed by atoms with E-state index in [0.717, 1.165) is 12.7 Å². The molecule has 3 nitrogen and oxygen atoms in total. The number of unbranched alkanes of at least 4 members (excludes halogenated alkanes) is 2. The monoisotopic (exact) mass is 284 g/mol. The van der Waals surface area contributed by atoms with Gasteiger partial charge in [0.2, 0.25) is 0 Å². The molecule has 12 heavy (non-hydrogen) atoms. The number of hydrogen-bond donors (Lipinski definition) is 1. The van der Waals surface area contributed by atoms with Gasteiger partial charge in [0.1, 0.15) is 6.29 Å². The van der Waals surface area contributed by atoms with E-state index in [0.29, 0.717) is 18.4 Å². The number of halogens is 1. The number of carbonyl (C=O) groups excluding carboxylic acids is 1.